The fourth-order valence-corrected chi connectivity index (χ4v) is 3.53. The van der Waals surface area contributed by atoms with Gasteiger partial charge >= 0.3 is 0 Å². The van der Waals surface area contributed by atoms with Gasteiger partial charge in [-0.05, 0) is 25.0 Å². The second kappa shape index (κ2) is 7.18. The molecule has 0 radical (unpaired) electrons. The fraction of sp³-hybridized carbons (Fsp3) is 0.533. The summed E-state index contributed by atoms with van der Waals surface area (Å²) in [7, 11) is -0.166. The van der Waals surface area contributed by atoms with Crippen LogP contribution in [0.2, 0.25) is 0 Å². The van der Waals surface area contributed by atoms with Crippen LogP contribution in [0.5, 0.6) is 11.5 Å². The highest BCUT2D eigenvalue weighted by atomic mass is 32.2. The molecule has 1 fully saturated rings. The van der Waals surface area contributed by atoms with Crippen LogP contribution in [-0.2, 0) is 10.0 Å². The zero-order chi connectivity index (χ0) is 17.0. The van der Waals surface area contributed by atoms with Crippen LogP contribution in [0.3, 0.4) is 0 Å². The number of sulfonamides is 1. The molecule has 1 heterocycles. The van der Waals surface area contributed by atoms with E-state index in [1.807, 2.05) is 0 Å². The van der Waals surface area contributed by atoms with E-state index in [4.69, 9.17) is 9.47 Å². The van der Waals surface area contributed by atoms with Gasteiger partial charge < -0.3 is 14.8 Å². The van der Waals surface area contributed by atoms with E-state index in [-0.39, 0.29) is 11.9 Å². The second-order valence-corrected chi connectivity index (χ2v) is 7.43. The molecule has 0 atom stereocenters. The molecule has 7 nitrogen and oxygen atoms in total. The van der Waals surface area contributed by atoms with Crippen molar-refractivity contribution in [3.05, 3.63) is 23.8 Å². The van der Waals surface area contributed by atoms with Gasteiger partial charge in [-0.3, -0.25) is 4.79 Å². The molecule has 23 heavy (non-hydrogen) atoms. The third-order valence-corrected chi connectivity index (χ3v) is 5.21. The largest absolute Gasteiger partial charge is 0.493 e. The molecule has 1 amide bonds. The predicted molar refractivity (Wildman–Crippen MR) is 86.5 cm³/mol. The van der Waals surface area contributed by atoms with Gasteiger partial charge in [0.15, 0.2) is 11.5 Å². The SMILES string of the molecule is COc1cccc(C(=O)NC2CCN(S(C)(=O)=O)CC2)c1OC. The average Bonchev–Trinajstić information content (AvgIpc) is 2.53. The number of nitrogens with one attached hydrogen (secondary N) is 1. The van der Waals surface area contributed by atoms with Crippen LogP contribution in [-0.4, -0.2) is 58.2 Å². The van der Waals surface area contributed by atoms with Gasteiger partial charge in [0.25, 0.3) is 5.91 Å². The first-order valence-corrected chi connectivity index (χ1v) is 9.18. The molecule has 1 aromatic rings. The Balaban J connectivity index is 2.04. The number of hydrogen-bond acceptors (Lipinski definition) is 5. The maximum absolute atomic E-state index is 12.5. The second-order valence-electron chi connectivity index (χ2n) is 5.45. The van der Waals surface area contributed by atoms with Gasteiger partial charge in [-0.1, -0.05) is 6.07 Å². The first-order chi connectivity index (χ1) is 10.9. The number of carbonyl (C=O) groups excluding carboxylic acids is 1. The van der Waals surface area contributed by atoms with Crippen molar-refractivity contribution >= 4 is 15.9 Å². The van der Waals surface area contributed by atoms with Crippen molar-refractivity contribution in [2.45, 2.75) is 18.9 Å². The van der Waals surface area contributed by atoms with Crippen molar-refractivity contribution in [1.29, 1.82) is 0 Å². The number of nitrogens with zero attached hydrogens (tertiary/aromatic N) is 1. The summed E-state index contributed by atoms with van der Waals surface area (Å²) in [6.45, 7) is 0.831. The van der Waals surface area contributed by atoms with Crippen LogP contribution in [0, 0.1) is 0 Å². The minimum absolute atomic E-state index is 0.0589. The van der Waals surface area contributed by atoms with Crippen molar-refractivity contribution in [2.24, 2.45) is 0 Å². The van der Waals surface area contributed by atoms with Gasteiger partial charge in [-0.25, -0.2) is 12.7 Å². The Morgan fingerprint density at radius 3 is 2.39 bits per heavy atom. The molecule has 0 unspecified atom stereocenters. The molecule has 1 aliphatic heterocycles. The zero-order valence-corrected chi connectivity index (χ0v) is 14.4. The van der Waals surface area contributed by atoms with E-state index < -0.39 is 10.0 Å². The molecule has 0 spiro atoms. The van der Waals surface area contributed by atoms with Crippen LogP contribution in [0.15, 0.2) is 18.2 Å². The highest BCUT2D eigenvalue weighted by Gasteiger charge is 2.27. The van der Waals surface area contributed by atoms with Crippen molar-refractivity contribution in [2.75, 3.05) is 33.6 Å². The van der Waals surface area contributed by atoms with E-state index in [0.717, 1.165) is 0 Å². The van der Waals surface area contributed by atoms with E-state index >= 15 is 0 Å². The summed E-state index contributed by atoms with van der Waals surface area (Å²) in [5, 5.41) is 2.94. The monoisotopic (exact) mass is 342 g/mol. The first-order valence-electron chi connectivity index (χ1n) is 7.33. The summed E-state index contributed by atoms with van der Waals surface area (Å²) < 4.78 is 34.9. The van der Waals surface area contributed by atoms with Crippen molar-refractivity contribution < 1.29 is 22.7 Å². The molecule has 0 bridgehead atoms. The topological polar surface area (TPSA) is 84.9 Å². The molecule has 128 valence electrons. The maximum Gasteiger partial charge on any atom is 0.255 e. The van der Waals surface area contributed by atoms with Crippen molar-refractivity contribution in [1.82, 2.24) is 9.62 Å². The van der Waals surface area contributed by atoms with E-state index in [2.05, 4.69) is 5.32 Å². The van der Waals surface area contributed by atoms with E-state index in [9.17, 15) is 13.2 Å². The average molecular weight is 342 g/mol. The summed E-state index contributed by atoms with van der Waals surface area (Å²) in [5.41, 5.74) is 0.400. The van der Waals surface area contributed by atoms with Gasteiger partial charge in [0, 0.05) is 19.1 Å². The van der Waals surface area contributed by atoms with Gasteiger partial charge in [-0.2, -0.15) is 0 Å². The molecule has 1 aliphatic rings. The number of benzene rings is 1. The van der Waals surface area contributed by atoms with E-state index in [1.54, 1.807) is 18.2 Å². The van der Waals surface area contributed by atoms with Crippen LogP contribution >= 0.6 is 0 Å². The van der Waals surface area contributed by atoms with Crippen LogP contribution in [0.4, 0.5) is 0 Å². The molecule has 1 aromatic carbocycles. The summed E-state index contributed by atoms with van der Waals surface area (Å²) in [4.78, 5) is 12.5. The van der Waals surface area contributed by atoms with Crippen molar-refractivity contribution in [3.8, 4) is 11.5 Å². The van der Waals surface area contributed by atoms with E-state index in [0.29, 0.717) is 43.0 Å². The highest BCUT2D eigenvalue weighted by molar-refractivity contribution is 7.88. The molecule has 1 saturated heterocycles. The Kier molecular flexibility index (Phi) is 5.48. The van der Waals surface area contributed by atoms with E-state index in [1.165, 1.54) is 24.8 Å². The summed E-state index contributed by atoms with van der Waals surface area (Å²) >= 11 is 0. The predicted octanol–water partition coefficient (Wildman–Crippen LogP) is 0.858. The number of carbonyl (C=O) groups is 1. The Morgan fingerprint density at radius 2 is 1.87 bits per heavy atom. The number of hydrogen-bond donors (Lipinski definition) is 1. The van der Waals surface area contributed by atoms with Gasteiger partial charge in [0.2, 0.25) is 10.0 Å². The number of methoxy groups -OCH3 is 2. The molecule has 2 rings (SSSR count). The minimum atomic E-state index is -3.17. The molecule has 0 aromatic heterocycles. The smallest absolute Gasteiger partial charge is 0.255 e. The molecule has 8 heteroatoms. The Labute approximate surface area is 136 Å². The molecule has 0 aliphatic carbocycles. The molecular formula is C15H22N2O5S. The molecular weight excluding hydrogens is 320 g/mol. The van der Waals surface area contributed by atoms with Crippen LogP contribution in [0.1, 0.15) is 23.2 Å². The lowest BCUT2D eigenvalue weighted by atomic mass is 10.1. The van der Waals surface area contributed by atoms with Gasteiger partial charge in [0.1, 0.15) is 0 Å². The fourth-order valence-electron chi connectivity index (χ4n) is 2.66. The van der Waals surface area contributed by atoms with Gasteiger partial charge in [0.05, 0.1) is 26.0 Å². The maximum atomic E-state index is 12.5. The third kappa shape index (κ3) is 4.14. The number of amides is 1. The normalized spacial score (nSPS) is 16.8. The Bertz CT molecular complexity index is 666. The Morgan fingerprint density at radius 1 is 1.22 bits per heavy atom. The molecule has 0 saturated carbocycles. The first kappa shape index (κ1) is 17.6. The number of ether oxygens (including phenoxy) is 2. The number of rotatable bonds is 5. The Hall–Kier alpha value is -1.80. The number of para-hydroxylation sites is 1. The van der Waals surface area contributed by atoms with Crippen LogP contribution in [0.25, 0.3) is 0 Å². The quantitative estimate of drug-likeness (QED) is 0.858. The lowest BCUT2D eigenvalue weighted by Gasteiger charge is -2.30. The minimum Gasteiger partial charge on any atom is -0.493 e. The zero-order valence-electron chi connectivity index (χ0n) is 13.5. The summed E-state index contributed by atoms with van der Waals surface area (Å²) in [6.07, 6.45) is 2.38. The standard InChI is InChI=1S/C15H22N2O5S/c1-21-13-6-4-5-12(14(13)22-2)15(18)16-11-7-9-17(10-8-11)23(3,19)20/h4-6,11H,7-10H2,1-3H3,(H,16,18). The summed E-state index contributed by atoms with van der Waals surface area (Å²) in [6, 6.07) is 5.06. The highest BCUT2D eigenvalue weighted by Crippen LogP contribution is 2.30. The van der Waals surface area contributed by atoms with Gasteiger partial charge in [-0.15, -0.1) is 0 Å². The lowest BCUT2D eigenvalue weighted by molar-refractivity contribution is 0.0920. The summed E-state index contributed by atoms with van der Waals surface area (Å²) in [5.74, 6) is 0.631. The van der Waals surface area contributed by atoms with Crippen molar-refractivity contribution in [3.63, 3.8) is 0 Å². The van der Waals surface area contributed by atoms with Crippen LogP contribution < -0.4 is 14.8 Å². The number of piperidine rings is 1. The lowest BCUT2D eigenvalue weighted by Crippen LogP contribution is -2.46. The molecule has 1 N–H and O–H groups in total. The third-order valence-electron chi connectivity index (χ3n) is 3.91.